The van der Waals surface area contributed by atoms with Crippen molar-refractivity contribution in [1.29, 1.82) is 0 Å². The fourth-order valence-corrected chi connectivity index (χ4v) is 3.59. The molecule has 2 aromatic carbocycles. The van der Waals surface area contributed by atoms with Crippen LogP contribution in [0.15, 0.2) is 36.4 Å². The molecule has 1 fully saturated rings. The van der Waals surface area contributed by atoms with E-state index in [1.54, 1.807) is 25.3 Å². The van der Waals surface area contributed by atoms with Crippen molar-refractivity contribution in [2.24, 2.45) is 0 Å². The molecule has 7 heteroatoms. The molecule has 0 unspecified atom stereocenters. The predicted molar refractivity (Wildman–Crippen MR) is 109 cm³/mol. The molecule has 0 spiro atoms. The zero-order valence-electron chi connectivity index (χ0n) is 16.7. The summed E-state index contributed by atoms with van der Waals surface area (Å²) in [4.78, 5) is 36.9. The maximum Gasteiger partial charge on any atom is 0.339 e. The highest BCUT2D eigenvalue weighted by Crippen LogP contribution is 2.28. The third-order valence-corrected chi connectivity index (χ3v) is 5.15. The van der Waals surface area contributed by atoms with Crippen LogP contribution < -0.4 is 15.4 Å². The highest BCUT2D eigenvalue weighted by molar-refractivity contribution is 6.07. The smallest absolute Gasteiger partial charge is 0.339 e. The fourth-order valence-electron chi connectivity index (χ4n) is 3.59. The number of urea groups is 1. The van der Waals surface area contributed by atoms with Gasteiger partial charge in [-0.3, -0.25) is 10.1 Å². The van der Waals surface area contributed by atoms with Crippen LogP contribution in [0, 0.1) is 0 Å². The van der Waals surface area contributed by atoms with E-state index in [4.69, 9.17) is 9.47 Å². The van der Waals surface area contributed by atoms with Crippen molar-refractivity contribution in [2.75, 3.05) is 7.11 Å². The number of rotatable bonds is 5. The number of fused-ring (bicyclic) bond motifs is 1. The van der Waals surface area contributed by atoms with E-state index in [1.807, 2.05) is 18.2 Å². The molecule has 2 aromatic rings. The van der Waals surface area contributed by atoms with Crippen LogP contribution in [0.3, 0.4) is 0 Å². The van der Waals surface area contributed by atoms with Gasteiger partial charge < -0.3 is 14.8 Å². The van der Waals surface area contributed by atoms with Gasteiger partial charge in [-0.2, -0.15) is 0 Å². The quantitative estimate of drug-likeness (QED) is 0.751. The molecule has 0 radical (unpaired) electrons. The van der Waals surface area contributed by atoms with Gasteiger partial charge in [-0.1, -0.05) is 43.5 Å². The first kappa shape index (κ1) is 20.6. The minimum atomic E-state index is -1.11. The summed E-state index contributed by atoms with van der Waals surface area (Å²) >= 11 is 0. The molecule has 3 amide bonds. The summed E-state index contributed by atoms with van der Waals surface area (Å²) in [6.07, 6.45) is 4.03. The van der Waals surface area contributed by atoms with E-state index >= 15 is 0 Å². The van der Waals surface area contributed by atoms with Gasteiger partial charge in [0.1, 0.15) is 5.75 Å². The number of hydrogen-bond acceptors (Lipinski definition) is 5. The van der Waals surface area contributed by atoms with Crippen LogP contribution in [-0.2, 0) is 9.53 Å². The highest BCUT2D eigenvalue weighted by atomic mass is 16.5. The largest absolute Gasteiger partial charge is 0.496 e. The lowest BCUT2D eigenvalue weighted by molar-refractivity contribution is -0.127. The third kappa shape index (κ3) is 5.04. The Labute approximate surface area is 169 Å². The Morgan fingerprint density at radius 1 is 1.00 bits per heavy atom. The second kappa shape index (κ2) is 9.41. The number of esters is 1. The lowest BCUT2D eigenvalue weighted by Gasteiger charge is -2.23. The number of amides is 3. The number of carbonyl (C=O) groups is 3. The number of hydrogen-bond donors (Lipinski definition) is 2. The molecule has 0 bridgehead atoms. The Hall–Kier alpha value is -3.09. The van der Waals surface area contributed by atoms with Crippen molar-refractivity contribution in [3.8, 4) is 5.75 Å². The normalized spacial score (nSPS) is 15.4. The average molecular weight is 398 g/mol. The van der Waals surface area contributed by atoms with Gasteiger partial charge in [0.2, 0.25) is 0 Å². The summed E-state index contributed by atoms with van der Waals surface area (Å²) in [5.41, 5.74) is 0.327. The molecule has 1 aliphatic carbocycles. The number of carbonyl (C=O) groups excluding carboxylic acids is 3. The Kier molecular flexibility index (Phi) is 6.69. The number of methoxy groups -OCH3 is 1. The molecule has 1 saturated carbocycles. The topological polar surface area (TPSA) is 93.7 Å². The van der Waals surface area contributed by atoms with Crippen molar-refractivity contribution in [3.05, 3.63) is 42.0 Å². The molecule has 1 atom stereocenters. The average Bonchev–Trinajstić information content (AvgIpc) is 2.73. The number of nitrogens with one attached hydrogen (secondary N) is 2. The summed E-state index contributed by atoms with van der Waals surface area (Å²) in [7, 11) is 1.56. The van der Waals surface area contributed by atoms with Gasteiger partial charge in [0.05, 0.1) is 12.7 Å². The maximum atomic E-state index is 12.6. The van der Waals surface area contributed by atoms with Gasteiger partial charge in [-0.05, 0) is 37.3 Å². The van der Waals surface area contributed by atoms with Gasteiger partial charge in [0, 0.05) is 11.4 Å². The van der Waals surface area contributed by atoms with E-state index in [1.165, 1.54) is 13.3 Å². The number of ether oxygens (including phenoxy) is 2. The summed E-state index contributed by atoms with van der Waals surface area (Å²) in [5, 5.41) is 6.49. The van der Waals surface area contributed by atoms with Gasteiger partial charge >= 0.3 is 12.0 Å². The first-order valence-corrected chi connectivity index (χ1v) is 9.87. The summed E-state index contributed by atoms with van der Waals surface area (Å²) in [6.45, 7) is 1.44. The molecule has 3 rings (SSSR count). The second-order valence-electron chi connectivity index (χ2n) is 7.21. The van der Waals surface area contributed by atoms with Crippen molar-refractivity contribution < 1.29 is 23.9 Å². The van der Waals surface area contributed by atoms with Crippen molar-refractivity contribution >= 4 is 28.7 Å². The predicted octanol–water partition coefficient (Wildman–Crippen LogP) is 3.55. The van der Waals surface area contributed by atoms with Crippen molar-refractivity contribution in [1.82, 2.24) is 10.6 Å². The highest BCUT2D eigenvalue weighted by Gasteiger charge is 2.23. The van der Waals surface area contributed by atoms with Crippen LogP contribution in [-0.4, -0.2) is 37.2 Å². The first-order valence-electron chi connectivity index (χ1n) is 9.87. The molecular formula is C22H26N2O5. The minimum absolute atomic E-state index is 0.0834. The van der Waals surface area contributed by atoms with Crippen molar-refractivity contribution in [2.45, 2.75) is 51.2 Å². The zero-order valence-corrected chi connectivity index (χ0v) is 16.7. The number of imide groups is 1. The van der Waals surface area contributed by atoms with E-state index in [0.29, 0.717) is 16.7 Å². The Balaban J connectivity index is 1.62. The van der Waals surface area contributed by atoms with Gasteiger partial charge in [0.15, 0.2) is 6.10 Å². The van der Waals surface area contributed by atoms with E-state index < -0.39 is 24.0 Å². The van der Waals surface area contributed by atoms with Crippen LogP contribution in [0.25, 0.3) is 10.8 Å². The Bertz CT molecular complexity index is 905. The van der Waals surface area contributed by atoms with Crippen LogP contribution in [0.4, 0.5) is 4.79 Å². The van der Waals surface area contributed by atoms with E-state index in [9.17, 15) is 14.4 Å². The summed E-state index contributed by atoms with van der Waals surface area (Å²) in [5.74, 6) is -0.661. The van der Waals surface area contributed by atoms with Crippen LogP contribution in [0.5, 0.6) is 5.75 Å². The zero-order chi connectivity index (χ0) is 20.8. The minimum Gasteiger partial charge on any atom is -0.496 e. The summed E-state index contributed by atoms with van der Waals surface area (Å²) < 4.78 is 10.6. The molecule has 0 aliphatic heterocycles. The lowest BCUT2D eigenvalue weighted by Crippen LogP contribution is -2.48. The molecule has 29 heavy (non-hydrogen) atoms. The van der Waals surface area contributed by atoms with Gasteiger partial charge in [-0.15, -0.1) is 0 Å². The first-order chi connectivity index (χ1) is 14.0. The lowest BCUT2D eigenvalue weighted by atomic mass is 9.96. The molecule has 7 nitrogen and oxygen atoms in total. The maximum absolute atomic E-state index is 12.6. The van der Waals surface area contributed by atoms with Crippen LogP contribution in [0.1, 0.15) is 49.4 Å². The van der Waals surface area contributed by atoms with Crippen molar-refractivity contribution in [3.63, 3.8) is 0 Å². The van der Waals surface area contributed by atoms with E-state index in [2.05, 4.69) is 10.6 Å². The van der Waals surface area contributed by atoms with E-state index in [-0.39, 0.29) is 6.04 Å². The van der Waals surface area contributed by atoms with Gasteiger partial charge in [0.25, 0.3) is 5.91 Å². The molecule has 2 N–H and O–H groups in total. The van der Waals surface area contributed by atoms with Crippen LogP contribution >= 0.6 is 0 Å². The van der Waals surface area contributed by atoms with Gasteiger partial charge in [-0.25, -0.2) is 9.59 Å². The SMILES string of the molecule is COc1ccc(C(=O)O[C@H](C)C(=O)NC(=O)NC2CCCCC2)c2ccccc12. The van der Waals surface area contributed by atoms with Crippen LogP contribution in [0.2, 0.25) is 0 Å². The second-order valence-corrected chi connectivity index (χ2v) is 7.21. The molecule has 154 valence electrons. The molecule has 0 aromatic heterocycles. The summed E-state index contributed by atoms with van der Waals surface area (Å²) in [6, 6.07) is 10.1. The third-order valence-electron chi connectivity index (χ3n) is 5.15. The Morgan fingerprint density at radius 2 is 1.69 bits per heavy atom. The monoisotopic (exact) mass is 398 g/mol. The number of benzene rings is 2. The molecule has 0 heterocycles. The fraction of sp³-hybridized carbons (Fsp3) is 0.409. The standard InChI is InChI=1S/C22H26N2O5/c1-14(20(25)24-22(27)23-15-8-4-3-5-9-15)29-21(26)18-12-13-19(28-2)17-11-7-6-10-16(17)18/h6-7,10-15H,3-5,8-9H2,1-2H3,(H2,23,24,25,27)/t14-/m1/s1. The molecular weight excluding hydrogens is 372 g/mol. The Morgan fingerprint density at radius 3 is 2.38 bits per heavy atom. The molecule has 0 saturated heterocycles. The van der Waals surface area contributed by atoms with E-state index in [0.717, 1.165) is 31.1 Å². The molecule has 1 aliphatic rings.